The highest BCUT2D eigenvalue weighted by atomic mass is 16.6. The van der Waals surface area contributed by atoms with E-state index in [2.05, 4.69) is 12.3 Å². The standard InChI is InChI=1S/C12H18N4O3/c1-8-2-3-15(12(8)7-17)10-4-9(14-13)5-11(6-10)16(18)19/h4-6,8,12,14,17H,2-3,7,13H2,1H3. The predicted molar refractivity (Wildman–Crippen MR) is 72.9 cm³/mol. The number of hydrazine groups is 1. The van der Waals surface area contributed by atoms with Crippen molar-refractivity contribution >= 4 is 17.1 Å². The van der Waals surface area contributed by atoms with Crippen molar-refractivity contribution in [1.29, 1.82) is 0 Å². The second kappa shape index (κ2) is 5.41. The Labute approximate surface area is 111 Å². The topological polar surface area (TPSA) is 105 Å². The summed E-state index contributed by atoms with van der Waals surface area (Å²) in [5, 5.41) is 20.4. The number of nitrogens with zero attached hydrogens (tertiary/aromatic N) is 2. The monoisotopic (exact) mass is 266 g/mol. The number of rotatable bonds is 4. The molecule has 1 heterocycles. The van der Waals surface area contributed by atoms with Gasteiger partial charge in [-0.25, -0.2) is 0 Å². The summed E-state index contributed by atoms with van der Waals surface area (Å²) in [7, 11) is 0. The lowest BCUT2D eigenvalue weighted by Crippen LogP contribution is -2.35. The summed E-state index contributed by atoms with van der Waals surface area (Å²) >= 11 is 0. The van der Waals surface area contributed by atoms with Gasteiger partial charge in [-0.05, 0) is 18.4 Å². The molecule has 1 aromatic carbocycles. The van der Waals surface area contributed by atoms with Gasteiger partial charge in [0.1, 0.15) is 0 Å². The number of nitrogens with two attached hydrogens (primary N) is 1. The molecule has 0 spiro atoms. The highest BCUT2D eigenvalue weighted by molar-refractivity contribution is 5.65. The van der Waals surface area contributed by atoms with Crippen LogP contribution in [0.4, 0.5) is 17.1 Å². The van der Waals surface area contributed by atoms with Crippen LogP contribution in [0.2, 0.25) is 0 Å². The van der Waals surface area contributed by atoms with Gasteiger partial charge in [-0.1, -0.05) is 6.92 Å². The Morgan fingerprint density at radius 1 is 1.58 bits per heavy atom. The number of aliphatic hydroxyl groups is 1. The normalized spacial score (nSPS) is 22.6. The van der Waals surface area contributed by atoms with Crippen LogP contribution >= 0.6 is 0 Å². The van der Waals surface area contributed by atoms with E-state index in [1.165, 1.54) is 12.1 Å². The van der Waals surface area contributed by atoms with Crippen molar-refractivity contribution < 1.29 is 10.0 Å². The molecule has 1 aliphatic rings. The molecule has 0 radical (unpaired) electrons. The maximum Gasteiger partial charge on any atom is 0.273 e. The number of nitrogen functional groups attached to an aromatic ring is 1. The number of nitro benzene ring substituents is 1. The Morgan fingerprint density at radius 2 is 2.32 bits per heavy atom. The fourth-order valence-corrected chi connectivity index (χ4v) is 2.56. The third kappa shape index (κ3) is 2.61. The van der Waals surface area contributed by atoms with Crippen LogP contribution < -0.4 is 16.2 Å². The minimum atomic E-state index is -0.447. The van der Waals surface area contributed by atoms with Gasteiger partial charge in [-0.3, -0.25) is 16.0 Å². The van der Waals surface area contributed by atoms with Crippen molar-refractivity contribution in [2.75, 3.05) is 23.5 Å². The predicted octanol–water partition coefficient (Wildman–Crippen LogP) is 1.09. The molecule has 7 nitrogen and oxygen atoms in total. The second-order valence-electron chi connectivity index (χ2n) is 4.85. The summed E-state index contributed by atoms with van der Waals surface area (Å²) in [6.07, 6.45) is 0.958. The van der Waals surface area contributed by atoms with Gasteiger partial charge in [-0.15, -0.1) is 0 Å². The van der Waals surface area contributed by atoms with Crippen molar-refractivity contribution in [3.8, 4) is 0 Å². The van der Waals surface area contributed by atoms with Gasteiger partial charge in [0.05, 0.1) is 23.3 Å². The van der Waals surface area contributed by atoms with Gasteiger partial charge in [0.15, 0.2) is 0 Å². The quantitative estimate of drug-likeness (QED) is 0.428. The lowest BCUT2D eigenvalue weighted by atomic mass is 10.0. The number of benzene rings is 1. The van der Waals surface area contributed by atoms with Crippen molar-refractivity contribution in [2.24, 2.45) is 11.8 Å². The molecular formula is C12H18N4O3. The molecule has 0 aliphatic carbocycles. The molecule has 1 fully saturated rings. The average molecular weight is 266 g/mol. The lowest BCUT2D eigenvalue weighted by Gasteiger charge is -2.27. The van der Waals surface area contributed by atoms with Crippen molar-refractivity contribution in [3.05, 3.63) is 28.3 Å². The molecule has 0 aromatic heterocycles. The number of non-ortho nitro benzene ring substituents is 1. The minimum Gasteiger partial charge on any atom is -0.394 e. The fourth-order valence-electron chi connectivity index (χ4n) is 2.56. The van der Waals surface area contributed by atoms with Crippen LogP contribution in [-0.4, -0.2) is 29.2 Å². The lowest BCUT2D eigenvalue weighted by molar-refractivity contribution is -0.384. The molecule has 2 rings (SSSR count). The summed E-state index contributed by atoms with van der Waals surface area (Å²) in [5.74, 6) is 5.70. The molecule has 104 valence electrons. The third-order valence-corrected chi connectivity index (χ3v) is 3.68. The average Bonchev–Trinajstić information content (AvgIpc) is 2.79. The Kier molecular flexibility index (Phi) is 3.87. The van der Waals surface area contributed by atoms with E-state index < -0.39 is 4.92 Å². The van der Waals surface area contributed by atoms with Crippen LogP contribution in [0.1, 0.15) is 13.3 Å². The minimum absolute atomic E-state index is 0.00683. The van der Waals surface area contributed by atoms with Gasteiger partial charge in [0.25, 0.3) is 5.69 Å². The fraction of sp³-hybridized carbons (Fsp3) is 0.500. The van der Waals surface area contributed by atoms with E-state index >= 15 is 0 Å². The van der Waals surface area contributed by atoms with Gasteiger partial charge < -0.3 is 15.4 Å². The van der Waals surface area contributed by atoms with E-state index in [1.54, 1.807) is 6.07 Å². The SMILES string of the molecule is CC1CCN(c2cc(NN)cc([N+](=O)[O-])c2)C1CO. The molecule has 1 aromatic rings. The largest absolute Gasteiger partial charge is 0.394 e. The maximum absolute atomic E-state index is 10.9. The number of nitrogens with one attached hydrogen (secondary N) is 1. The molecule has 4 N–H and O–H groups in total. The number of hydrogen-bond acceptors (Lipinski definition) is 6. The number of aliphatic hydroxyl groups excluding tert-OH is 1. The molecule has 0 bridgehead atoms. The Morgan fingerprint density at radius 3 is 2.89 bits per heavy atom. The van der Waals surface area contributed by atoms with E-state index in [0.29, 0.717) is 17.3 Å². The van der Waals surface area contributed by atoms with Gasteiger partial charge in [0.2, 0.25) is 0 Å². The summed E-state index contributed by atoms with van der Waals surface area (Å²) in [4.78, 5) is 12.5. The van der Waals surface area contributed by atoms with Crippen molar-refractivity contribution in [1.82, 2.24) is 0 Å². The Hall–Kier alpha value is -1.86. The molecule has 2 atom stereocenters. The molecule has 19 heavy (non-hydrogen) atoms. The number of hydrogen-bond donors (Lipinski definition) is 3. The van der Waals surface area contributed by atoms with Gasteiger partial charge in [-0.2, -0.15) is 0 Å². The summed E-state index contributed by atoms with van der Waals surface area (Å²) < 4.78 is 0. The summed E-state index contributed by atoms with van der Waals surface area (Å²) in [6, 6.07) is 4.65. The molecule has 2 unspecified atom stereocenters. The van der Waals surface area contributed by atoms with E-state index in [9.17, 15) is 15.2 Å². The number of anilines is 2. The zero-order valence-corrected chi connectivity index (χ0v) is 10.7. The van der Waals surface area contributed by atoms with Gasteiger partial charge in [0, 0.05) is 24.4 Å². The zero-order chi connectivity index (χ0) is 14.0. The van der Waals surface area contributed by atoms with Crippen LogP contribution in [0.3, 0.4) is 0 Å². The van der Waals surface area contributed by atoms with Crippen LogP contribution in [0.25, 0.3) is 0 Å². The second-order valence-corrected chi connectivity index (χ2v) is 4.85. The van der Waals surface area contributed by atoms with Crippen molar-refractivity contribution in [2.45, 2.75) is 19.4 Å². The van der Waals surface area contributed by atoms with Crippen LogP contribution in [0.15, 0.2) is 18.2 Å². The smallest absolute Gasteiger partial charge is 0.273 e. The summed E-state index contributed by atoms with van der Waals surface area (Å²) in [5.41, 5.74) is 3.62. The molecule has 1 aliphatic heterocycles. The van der Waals surface area contributed by atoms with Gasteiger partial charge >= 0.3 is 0 Å². The molecular weight excluding hydrogens is 248 g/mol. The molecule has 7 heteroatoms. The highest BCUT2D eigenvalue weighted by Gasteiger charge is 2.31. The first kappa shape index (κ1) is 13.6. The van der Waals surface area contributed by atoms with Crippen LogP contribution in [-0.2, 0) is 0 Å². The van der Waals surface area contributed by atoms with E-state index in [0.717, 1.165) is 13.0 Å². The Balaban J connectivity index is 2.38. The molecule has 0 amide bonds. The van der Waals surface area contributed by atoms with E-state index in [4.69, 9.17) is 5.84 Å². The summed E-state index contributed by atoms with van der Waals surface area (Å²) in [6.45, 7) is 2.88. The van der Waals surface area contributed by atoms with Crippen molar-refractivity contribution in [3.63, 3.8) is 0 Å². The number of nitro groups is 1. The van der Waals surface area contributed by atoms with Crippen LogP contribution in [0, 0.1) is 16.0 Å². The third-order valence-electron chi connectivity index (χ3n) is 3.68. The van der Waals surface area contributed by atoms with Crippen LogP contribution in [0.5, 0.6) is 0 Å². The Bertz CT molecular complexity index is 480. The first-order chi connectivity index (χ1) is 9.06. The zero-order valence-electron chi connectivity index (χ0n) is 10.7. The first-order valence-electron chi connectivity index (χ1n) is 6.20. The molecule has 1 saturated heterocycles. The van der Waals surface area contributed by atoms with E-state index in [-0.39, 0.29) is 18.3 Å². The van der Waals surface area contributed by atoms with E-state index in [1.807, 2.05) is 4.90 Å². The first-order valence-corrected chi connectivity index (χ1v) is 6.20. The molecule has 0 saturated carbocycles. The maximum atomic E-state index is 10.9. The highest BCUT2D eigenvalue weighted by Crippen LogP contribution is 2.33.